The second-order valence-corrected chi connectivity index (χ2v) is 6.17. The quantitative estimate of drug-likeness (QED) is 0.884. The fraction of sp³-hybridized carbons (Fsp3) is 0.800. The van der Waals surface area contributed by atoms with Gasteiger partial charge in [0.25, 0.3) is 0 Å². The third kappa shape index (κ3) is 2.32. The number of nitrogens with zero attached hydrogens (tertiary/aromatic N) is 2. The highest BCUT2D eigenvalue weighted by atomic mass is 16.5. The summed E-state index contributed by atoms with van der Waals surface area (Å²) in [5.74, 6) is 0.675. The lowest BCUT2D eigenvalue weighted by Crippen LogP contribution is -2.39. The van der Waals surface area contributed by atoms with E-state index in [-0.39, 0.29) is 18.1 Å². The van der Waals surface area contributed by atoms with Crippen molar-refractivity contribution in [2.24, 2.45) is 11.3 Å². The molecule has 4 nitrogen and oxygen atoms in total. The molecule has 1 N–H and O–H groups in total. The first-order chi connectivity index (χ1) is 9.18. The fourth-order valence-corrected chi connectivity index (χ4v) is 3.53. The largest absolute Gasteiger partial charge is 0.396 e. The second-order valence-electron chi connectivity index (χ2n) is 6.17. The number of aliphatic hydroxyl groups excluding tert-OH is 1. The van der Waals surface area contributed by atoms with E-state index in [0.29, 0.717) is 5.92 Å². The minimum Gasteiger partial charge on any atom is -0.396 e. The number of rotatable bonds is 5. The van der Waals surface area contributed by atoms with Crippen LogP contribution >= 0.6 is 0 Å². The Bertz CT molecular complexity index is 453. The number of aromatic nitrogens is 2. The van der Waals surface area contributed by atoms with Gasteiger partial charge in [-0.2, -0.15) is 5.10 Å². The van der Waals surface area contributed by atoms with Crippen molar-refractivity contribution in [3.05, 3.63) is 17.5 Å². The van der Waals surface area contributed by atoms with Crippen LogP contribution in [0.2, 0.25) is 0 Å². The molecule has 106 valence electrons. The Labute approximate surface area is 114 Å². The molecule has 3 rings (SSSR count). The molecule has 1 aromatic rings. The van der Waals surface area contributed by atoms with E-state index in [2.05, 4.69) is 22.8 Å². The highest BCUT2D eigenvalue weighted by Gasteiger charge is 2.50. The minimum atomic E-state index is -0.0828. The van der Waals surface area contributed by atoms with Crippen molar-refractivity contribution < 1.29 is 9.84 Å². The van der Waals surface area contributed by atoms with E-state index in [1.54, 1.807) is 0 Å². The summed E-state index contributed by atoms with van der Waals surface area (Å²) in [6.45, 7) is 6.05. The Morgan fingerprint density at radius 3 is 2.95 bits per heavy atom. The Hall–Kier alpha value is -0.870. The highest BCUT2D eigenvalue weighted by Crippen LogP contribution is 2.49. The predicted octanol–water partition coefficient (Wildman–Crippen LogP) is 1.93. The molecule has 1 saturated carbocycles. The van der Waals surface area contributed by atoms with Crippen LogP contribution in [0.15, 0.2) is 6.07 Å². The molecular formula is C15H24N2O2. The summed E-state index contributed by atoms with van der Waals surface area (Å²) in [5, 5.41) is 14.5. The standard InChI is InChI=1S/C15H24N2O2/c1-3-17-13(8-11(2)16-17)9-15(10-18)6-7-19-14(15)12-4-5-12/h8,12,14,18H,3-7,9-10H2,1-2H3. The lowest BCUT2D eigenvalue weighted by molar-refractivity contribution is -0.000396. The Morgan fingerprint density at radius 1 is 1.53 bits per heavy atom. The van der Waals surface area contributed by atoms with Crippen molar-refractivity contribution in [1.82, 2.24) is 9.78 Å². The number of hydrogen-bond acceptors (Lipinski definition) is 3. The maximum absolute atomic E-state index is 9.99. The van der Waals surface area contributed by atoms with Crippen LogP contribution in [0, 0.1) is 18.3 Å². The van der Waals surface area contributed by atoms with Crippen LogP contribution in [0.3, 0.4) is 0 Å². The van der Waals surface area contributed by atoms with Crippen molar-refractivity contribution in [3.8, 4) is 0 Å². The van der Waals surface area contributed by atoms with Crippen LogP contribution in [0.4, 0.5) is 0 Å². The van der Waals surface area contributed by atoms with Gasteiger partial charge in [0.05, 0.1) is 18.4 Å². The van der Waals surface area contributed by atoms with Gasteiger partial charge >= 0.3 is 0 Å². The van der Waals surface area contributed by atoms with E-state index in [0.717, 1.165) is 31.7 Å². The van der Waals surface area contributed by atoms with Crippen LogP contribution in [0.5, 0.6) is 0 Å². The summed E-state index contributed by atoms with van der Waals surface area (Å²) < 4.78 is 8.01. The maximum atomic E-state index is 9.99. The molecule has 2 atom stereocenters. The number of aryl methyl sites for hydroxylation is 2. The molecule has 4 heteroatoms. The molecule has 0 amide bonds. The van der Waals surface area contributed by atoms with E-state index >= 15 is 0 Å². The lowest BCUT2D eigenvalue weighted by atomic mass is 9.76. The molecule has 0 radical (unpaired) electrons. The summed E-state index contributed by atoms with van der Waals surface area (Å²) in [6, 6.07) is 2.16. The Morgan fingerprint density at radius 2 is 2.32 bits per heavy atom. The highest BCUT2D eigenvalue weighted by molar-refractivity contribution is 5.14. The van der Waals surface area contributed by atoms with E-state index in [1.807, 2.05) is 6.92 Å². The summed E-state index contributed by atoms with van der Waals surface area (Å²) in [5.41, 5.74) is 2.22. The summed E-state index contributed by atoms with van der Waals surface area (Å²) in [6.07, 6.45) is 4.63. The molecule has 1 saturated heterocycles. The van der Waals surface area contributed by atoms with Gasteiger partial charge in [-0.3, -0.25) is 4.68 Å². The van der Waals surface area contributed by atoms with Gasteiger partial charge in [-0.25, -0.2) is 0 Å². The molecule has 2 heterocycles. The molecule has 0 spiro atoms. The molecule has 2 fully saturated rings. The Kier molecular flexibility index (Phi) is 3.39. The lowest BCUT2D eigenvalue weighted by Gasteiger charge is -2.32. The minimum absolute atomic E-state index is 0.0828. The first-order valence-electron chi connectivity index (χ1n) is 7.44. The molecule has 19 heavy (non-hydrogen) atoms. The third-order valence-corrected chi connectivity index (χ3v) is 4.68. The van der Waals surface area contributed by atoms with E-state index in [1.165, 1.54) is 18.5 Å². The van der Waals surface area contributed by atoms with Gasteiger partial charge in [0.2, 0.25) is 0 Å². The van der Waals surface area contributed by atoms with Crippen molar-refractivity contribution >= 4 is 0 Å². The summed E-state index contributed by atoms with van der Waals surface area (Å²) in [7, 11) is 0. The molecule has 0 aromatic carbocycles. The monoisotopic (exact) mass is 264 g/mol. The maximum Gasteiger partial charge on any atom is 0.0685 e. The summed E-state index contributed by atoms with van der Waals surface area (Å²) in [4.78, 5) is 0. The van der Waals surface area contributed by atoms with Crippen molar-refractivity contribution in [2.45, 2.75) is 52.2 Å². The van der Waals surface area contributed by atoms with Gasteiger partial charge in [-0.15, -0.1) is 0 Å². The van der Waals surface area contributed by atoms with E-state index in [9.17, 15) is 5.11 Å². The number of ether oxygens (including phenoxy) is 1. The fourth-order valence-electron chi connectivity index (χ4n) is 3.53. The zero-order valence-corrected chi connectivity index (χ0v) is 11.9. The molecule has 2 unspecified atom stereocenters. The number of hydrogen-bond donors (Lipinski definition) is 1. The van der Waals surface area contributed by atoms with E-state index < -0.39 is 0 Å². The zero-order valence-electron chi connectivity index (χ0n) is 11.9. The zero-order chi connectivity index (χ0) is 13.5. The smallest absolute Gasteiger partial charge is 0.0685 e. The summed E-state index contributed by atoms with van der Waals surface area (Å²) >= 11 is 0. The molecule has 1 aliphatic carbocycles. The van der Waals surface area contributed by atoms with Crippen LogP contribution in [-0.2, 0) is 17.7 Å². The molecule has 1 aromatic heterocycles. The van der Waals surface area contributed by atoms with E-state index in [4.69, 9.17) is 4.74 Å². The topological polar surface area (TPSA) is 47.3 Å². The second kappa shape index (κ2) is 4.91. The molecular weight excluding hydrogens is 240 g/mol. The normalized spacial score (nSPS) is 31.0. The third-order valence-electron chi connectivity index (χ3n) is 4.68. The first kappa shape index (κ1) is 13.1. The Balaban J connectivity index is 1.85. The van der Waals surface area contributed by atoms with Crippen LogP contribution in [0.1, 0.15) is 37.6 Å². The van der Waals surface area contributed by atoms with Crippen molar-refractivity contribution in [1.29, 1.82) is 0 Å². The first-order valence-corrected chi connectivity index (χ1v) is 7.44. The van der Waals surface area contributed by atoms with Gasteiger partial charge in [-0.05, 0) is 51.5 Å². The average Bonchev–Trinajstić information content (AvgIpc) is 3.07. The van der Waals surface area contributed by atoms with Gasteiger partial charge in [-0.1, -0.05) is 0 Å². The number of aliphatic hydroxyl groups is 1. The van der Waals surface area contributed by atoms with Crippen LogP contribution < -0.4 is 0 Å². The average molecular weight is 264 g/mol. The van der Waals surface area contributed by atoms with Gasteiger partial charge in [0.15, 0.2) is 0 Å². The predicted molar refractivity (Wildman–Crippen MR) is 72.9 cm³/mol. The molecule has 0 bridgehead atoms. The van der Waals surface area contributed by atoms with Crippen molar-refractivity contribution in [3.63, 3.8) is 0 Å². The van der Waals surface area contributed by atoms with Gasteiger partial charge < -0.3 is 9.84 Å². The van der Waals surface area contributed by atoms with Gasteiger partial charge in [0.1, 0.15) is 0 Å². The molecule has 1 aliphatic heterocycles. The molecule has 2 aliphatic rings. The van der Waals surface area contributed by atoms with Crippen LogP contribution in [-0.4, -0.2) is 34.2 Å². The SMILES string of the molecule is CCn1nc(C)cc1CC1(CO)CCOC1C1CC1. The van der Waals surface area contributed by atoms with Crippen LogP contribution in [0.25, 0.3) is 0 Å². The van der Waals surface area contributed by atoms with Crippen molar-refractivity contribution in [2.75, 3.05) is 13.2 Å². The van der Waals surface area contributed by atoms with Gasteiger partial charge in [0, 0.05) is 24.3 Å².